The van der Waals surface area contributed by atoms with Gasteiger partial charge < -0.3 is 14.2 Å². The highest BCUT2D eigenvalue weighted by molar-refractivity contribution is 5.76. The number of hydrogen-bond donors (Lipinski definition) is 0. The van der Waals surface area contributed by atoms with Crippen molar-refractivity contribution in [1.29, 1.82) is 0 Å². The van der Waals surface area contributed by atoms with E-state index in [9.17, 15) is 18.0 Å². The molecule has 7 heteroatoms. The van der Waals surface area contributed by atoms with Crippen LogP contribution in [0.1, 0.15) is 63.9 Å². The summed E-state index contributed by atoms with van der Waals surface area (Å²) in [6, 6.07) is 14.4. The molecule has 4 rings (SSSR count). The maximum Gasteiger partial charge on any atom is 0.314 e. The van der Waals surface area contributed by atoms with Gasteiger partial charge in [-0.2, -0.15) is 4.39 Å². The van der Waals surface area contributed by atoms with Crippen molar-refractivity contribution >= 4 is 5.97 Å². The fraction of sp³-hybridized carbons (Fsp3) is 0.387. The highest BCUT2D eigenvalue weighted by Crippen LogP contribution is 2.38. The molecule has 0 unspecified atom stereocenters. The first kappa shape index (κ1) is 27.6. The minimum absolute atomic E-state index is 0.0745. The SMILES string of the molecule is CCCCOc1ccc(-c2ccc(OC(=O)C3CCC(c4ccc(OCC)c(F)c4)CC3)c(F)c2F)cc1. The molecule has 3 aromatic rings. The first-order valence-electron chi connectivity index (χ1n) is 13.3. The van der Waals surface area contributed by atoms with E-state index < -0.39 is 35.1 Å². The first-order valence-corrected chi connectivity index (χ1v) is 13.3. The Hall–Kier alpha value is -3.48. The topological polar surface area (TPSA) is 44.8 Å². The number of ether oxygens (including phenoxy) is 3. The lowest BCUT2D eigenvalue weighted by Gasteiger charge is -2.27. The lowest BCUT2D eigenvalue weighted by Crippen LogP contribution is -2.25. The van der Waals surface area contributed by atoms with Crippen LogP contribution in [0, 0.1) is 23.4 Å². The second-order valence-corrected chi connectivity index (χ2v) is 9.56. The number of hydrogen-bond acceptors (Lipinski definition) is 4. The van der Waals surface area contributed by atoms with E-state index in [1.807, 2.05) is 6.07 Å². The fourth-order valence-corrected chi connectivity index (χ4v) is 4.80. The van der Waals surface area contributed by atoms with Crippen LogP contribution in [0.25, 0.3) is 11.1 Å². The summed E-state index contributed by atoms with van der Waals surface area (Å²) in [6.45, 7) is 4.86. The number of unbranched alkanes of at least 4 members (excludes halogenated alkanes) is 1. The smallest absolute Gasteiger partial charge is 0.314 e. The molecule has 1 fully saturated rings. The molecule has 3 aromatic carbocycles. The normalized spacial score (nSPS) is 17.2. The van der Waals surface area contributed by atoms with Gasteiger partial charge in [-0.15, -0.1) is 0 Å². The van der Waals surface area contributed by atoms with Crippen molar-refractivity contribution in [2.45, 2.75) is 58.3 Å². The molecule has 1 saturated carbocycles. The maximum atomic E-state index is 14.9. The third-order valence-corrected chi connectivity index (χ3v) is 6.98. The first-order chi connectivity index (χ1) is 18.4. The van der Waals surface area contributed by atoms with Crippen LogP contribution in [-0.4, -0.2) is 19.2 Å². The molecule has 0 radical (unpaired) electrons. The molecule has 0 atom stereocenters. The predicted octanol–water partition coefficient (Wildman–Crippen LogP) is 8.23. The summed E-state index contributed by atoms with van der Waals surface area (Å²) in [6.07, 6.45) is 4.33. The summed E-state index contributed by atoms with van der Waals surface area (Å²) in [7, 11) is 0. The molecule has 0 N–H and O–H groups in total. The number of benzene rings is 3. The van der Waals surface area contributed by atoms with Gasteiger partial charge in [0.1, 0.15) is 5.75 Å². The number of carbonyl (C=O) groups is 1. The van der Waals surface area contributed by atoms with Crippen LogP contribution in [0.3, 0.4) is 0 Å². The largest absolute Gasteiger partial charge is 0.494 e. The molecule has 0 amide bonds. The summed E-state index contributed by atoms with van der Waals surface area (Å²) in [5.41, 5.74) is 1.43. The van der Waals surface area contributed by atoms with Crippen LogP contribution in [0.5, 0.6) is 17.2 Å². The van der Waals surface area contributed by atoms with Gasteiger partial charge in [-0.1, -0.05) is 31.5 Å². The van der Waals surface area contributed by atoms with Crippen molar-refractivity contribution in [2.75, 3.05) is 13.2 Å². The molecule has 0 spiro atoms. The second-order valence-electron chi connectivity index (χ2n) is 9.56. The van der Waals surface area contributed by atoms with Crippen LogP contribution in [0.2, 0.25) is 0 Å². The molecule has 202 valence electrons. The quantitative estimate of drug-likeness (QED) is 0.152. The number of carbonyl (C=O) groups excluding carboxylic acids is 1. The lowest BCUT2D eigenvalue weighted by atomic mass is 9.78. The Labute approximate surface area is 221 Å². The summed E-state index contributed by atoms with van der Waals surface area (Å²) >= 11 is 0. The van der Waals surface area contributed by atoms with Crippen molar-refractivity contribution in [3.8, 4) is 28.4 Å². The van der Waals surface area contributed by atoms with Gasteiger partial charge in [0, 0.05) is 5.56 Å². The van der Waals surface area contributed by atoms with Crippen LogP contribution >= 0.6 is 0 Å². The van der Waals surface area contributed by atoms with Gasteiger partial charge in [0.05, 0.1) is 19.1 Å². The van der Waals surface area contributed by atoms with Crippen molar-refractivity contribution in [2.24, 2.45) is 5.92 Å². The fourth-order valence-electron chi connectivity index (χ4n) is 4.80. The van der Waals surface area contributed by atoms with Gasteiger partial charge >= 0.3 is 5.97 Å². The average Bonchev–Trinajstić information content (AvgIpc) is 2.93. The van der Waals surface area contributed by atoms with Gasteiger partial charge in [-0.25, -0.2) is 8.78 Å². The van der Waals surface area contributed by atoms with E-state index in [1.165, 1.54) is 18.2 Å². The molecular formula is C31H33F3O4. The maximum absolute atomic E-state index is 14.9. The Morgan fingerprint density at radius 1 is 0.842 bits per heavy atom. The van der Waals surface area contributed by atoms with Crippen LogP contribution < -0.4 is 14.2 Å². The Morgan fingerprint density at radius 3 is 2.21 bits per heavy atom. The van der Waals surface area contributed by atoms with Gasteiger partial charge in [0.2, 0.25) is 5.82 Å². The zero-order valence-electron chi connectivity index (χ0n) is 21.8. The van der Waals surface area contributed by atoms with E-state index in [4.69, 9.17) is 14.2 Å². The molecule has 0 bridgehead atoms. The Kier molecular flexibility index (Phi) is 9.32. The third kappa shape index (κ3) is 6.50. The molecule has 1 aliphatic carbocycles. The van der Waals surface area contributed by atoms with Crippen molar-refractivity contribution in [3.05, 3.63) is 77.6 Å². The Balaban J connectivity index is 1.36. The van der Waals surface area contributed by atoms with Crippen molar-refractivity contribution < 1.29 is 32.2 Å². The molecule has 4 nitrogen and oxygen atoms in total. The molecule has 0 aromatic heterocycles. The summed E-state index contributed by atoms with van der Waals surface area (Å²) in [4.78, 5) is 12.7. The van der Waals surface area contributed by atoms with E-state index in [2.05, 4.69) is 6.92 Å². The lowest BCUT2D eigenvalue weighted by molar-refractivity contribution is -0.140. The van der Waals surface area contributed by atoms with Crippen LogP contribution in [0.4, 0.5) is 13.2 Å². The van der Waals surface area contributed by atoms with E-state index in [0.29, 0.717) is 50.2 Å². The minimum Gasteiger partial charge on any atom is -0.494 e. The monoisotopic (exact) mass is 526 g/mol. The van der Waals surface area contributed by atoms with E-state index in [1.54, 1.807) is 37.3 Å². The average molecular weight is 527 g/mol. The highest BCUT2D eigenvalue weighted by atomic mass is 19.2. The van der Waals surface area contributed by atoms with Gasteiger partial charge in [-0.05, 0) is 92.5 Å². The second kappa shape index (κ2) is 12.9. The van der Waals surface area contributed by atoms with E-state index >= 15 is 0 Å². The molecular weight excluding hydrogens is 493 g/mol. The molecule has 38 heavy (non-hydrogen) atoms. The van der Waals surface area contributed by atoms with Crippen LogP contribution in [-0.2, 0) is 4.79 Å². The summed E-state index contributed by atoms with van der Waals surface area (Å²) < 4.78 is 60.2. The number of halogens is 3. The van der Waals surface area contributed by atoms with Gasteiger partial charge in [0.15, 0.2) is 23.1 Å². The zero-order valence-corrected chi connectivity index (χ0v) is 21.8. The van der Waals surface area contributed by atoms with Gasteiger partial charge in [-0.3, -0.25) is 4.79 Å². The third-order valence-electron chi connectivity index (χ3n) is 6.98. The van der Waals surface area contributed by atoms with Crippen molar-refractivity contribution in [3.63, 3.8) is 0 Å². The molecule has 1 aliphatic rings. The molecule has 0 aliphatic heterocycles. The van der Waals surface area contributed by atoms with Crippen LogP contribution in [0.15, 0.2) is 54.6 Å². The minimum atomic E-state index is -1.20. The Morgan fingerprint density at radius 2 is 1.55 bits per heavy atom. The number of rotatable bonds is 10. The zero-order chi connectivity index (χ0) is 27.1. The highest BCUT2D eigenvalue weighted by Gasteiger charge is 2.30. The van der Waals surface area contributed by atoms with E-state index in [-0.39, 0.29) is 17.2 Å². The number of esters is 1. The standard InChI is InChI=1S/C31H33F3O4/c1-3-5-18-37-24-13-10-21(11-14-24)25-15-17-28(30(34)29(25)33)38-31(35)22-8-6-20(7-9-22)23-12-16-27(36-4-2)26(32)19-23/h10-17,19-20,22H,3-9,18H2,1-2H3. The van der Waals surface area contributed by atoms with Crippen molar-refractivity contribution in [1.82, 2.24) is 0 Å². The summed E-state index contributed by atoms with van der Waals surface area (Å²) in [5.74, 6) is -3.11. The Bertz CT molecular complexity index is 1230. The predicted molar refractivity (Wildman–Crippen MR) is 140 cm³/mol. The molecule has 0 heterocycles. The summed E-state index contributed by atoms with van der Waals surface area (Å²) in [5, 5.41) is 0. The molecule has 0 saturated heterocycles. The van der Waals surface area contributed by atoms with E-state index in [0.717, 1.165) is 18.4 Å². The van der Waals surface area contributed by atoms with Gasteiger partial charge in [0.25, 0.3) is 0 Å².